The molecule has 9 heteroatoms. The third-order valence-corrected chi connectivity index (χ3v) is 4.43. The molecule has 0 aromatic carbocycles. The molecule has 3 N–H and O–H groups in total. The molecule has 1 radical (unpaired) electrons. The lowest BCUT2D eigenvalue weighted by molar-refractivity contribution is -0.127. The molecular formula is C18H24N5O4. The second kappa shape index (κ2) is 9.22. The van der Waals surface area contributed by atoms with Crippen molar-refractivity contribution in [1.82, 2.24) is 20.3 Å². The molecule has 27 heavy (non-hydrogen) atoms. The molecule has 0 saturated carbocycles. The summed E-state index contributed by atoms with van der Waals surface area (Å²) in [6, 6.07) is 4.28. The van der Waals surface area contributed by atoms with Crippen molar-refractivity contribution in [3.8, 4) is 0 Å². The van der Waals surface area contributed by atoms with Crippen molar-refractivity contribution in [1.29, 1.82) is 0 Å². The average molecular weight is 374 g/mol. The van der Waals surface area contributed by atoms with E-state index in [2.05, 4.69) is 10.3 Å². The molecule has 0 spiro atoms. The third-order valence-electron chi connectivity index (χ3n) is 4.43. The maximum Gasteiger partial charge on any atom is 0.287 e. The lowest BCUT2D eigenvalue weighted by atomic mass is 10.0. The molecular weight excluding hydrogens is 350 g/mol. The second-order valence-electron chi connectivity index (χ2n) is 6.52. The Balaban J connectivity index is 1.97. The van der Waals surface area contributed by atoms with Crippen LogP contribution in [0.5, 0.6) is 0 Å². The summed E-state index contributed by atoms with van der Waals surface area (Å²) in [5, 5.41) is 5.63. The molecule has 9 nitrogen and oxygen atoms in total. The summed E-state index contributed by atoms with van der Waals surface area (Å²) in [5.74, 6) is -2.03. The molecule has 2 heterocycles. The summed E-state index contributed by atoms with van der Waals surface area (Å²) in [6.45, 7) is 1.88. The van der Waals surface area contributed by atoms with Gasteiger partial charge in [0.05, 0.1) is 19.0 Å². The molecule has 1 aliphatic rings. The number of nitrogens with two attached hydrogens (primary N) is 1. The molecule has 1 aliphatic heterocycles. The van der Waals surface area contributed by atoms with Crippen molar-refractivity contribution in [3.63, 3.8) is 0 Å². The summed E-state index contributed by atoms with van der Waals surface area (Å²) >= 11 is 0. The lowest BCUT2D eigenvalue weighted by Gasteiger charge is -2.28. The van der Waals surface area contributed by atoms with E-state index in [1.165, 1.54) is 17.6 Å². The van der Waals surface area contributed by atoms with Crippen LogP contribution < -0.4 is 11.1 Å². The number of ketones is 1. The number of Topliss-reactive ketones (excluding diaryl/α,β-unsaturated/α-hetero) is 1. The molecule has 3 amide bonds. The highest BCUT2D eigenvalue weighted by atomic mass is 16.2. The molecule has 0 unspecified atom stereocenters. The summed E-state index contributed by atoms with van der Waals surface area (Å²) in [4.78, 5) is 52.2. The Morgan fingerprint density at radius 1 is 1.41 bits per heavy atom. The summed E-state index contributed by atoms with van der Waals surface area (Å²) < 4.78 is 0. The van der Waals surface area contributed by atoms with Crippen LogP contribution in [0.15, 0.2) is 24.4 Å². The van der Waals surface area contributed by atoms with Crippen molar-refractivity contribution < 1.29 is 19.2 Å². The standard InChI is InChI=1S/C18H24N5O4/c1-12(17(19)26)6-7-16(25)21-13-8-10-22(2)23(11-15(13)24)18(27)14-5-3-4-9-20-14/h3-5,7,9,12-13H,6,8,10-11H2,1-2H3,(H2,19,26)(H,21,25)/t12-,13-/m0/s1. The zero-order valence-corrected chi connectivity index (χ0v) is 15.4. The van der Waals surface area contributed by atoms with Gasteiger partial charge in [0.2, 0.25) is 11.8 Å². The number of hydrogen-bond acceptors (Lipinski definition) is 6. The summed E-state index contributed by atoms with van der Waals surface area (Å²) in [5.41, 5.74) is 5.41. The van der Waals surface area contributed by atoms with Gasteiger partial charge >= 0.3 is 0 Å². The lowest BCUT2D eigenvalue weighted by Crippen LogP contribution is -2.47. The van der Waals surface area contributed by atoms with Crippen LogP contribution in [0.1, 0.15) is 30.3 Å². The van der Waals surface area contributed by atoms with Gasteiger partial charge in [0, 0.05) is 25.7 Å². The number of hydrogen-bond donors (Lipinski definition) is 2. The number of carbonyl (C=O) groups excluding carboxylic acids is 4. The first-order chi connectivity index (χ1) is 12.8. The number of rotatable bonds is 6. The highest BCUT2D eigenvalue weighted by Gasteiger charge is 2.32. The average Bonchev–Trinajstić information content (AvgIpc) is 2.79. The van der Waals surface area contributed by atoms with Crippen LogP contribution in [-0.4, -0.2) is 64.7 Å². The third kappa shape index (κ3) is 5.58. The van der Waals surface area contributed by atoms with Gasteiger partial charge in [0.1, 0.15) is 5.69 Å². The molecule has 1 fully saturated rings. The molecule has 2 rings (SSSR count). The van der Waals surface area contributed by atoms with Crippen molar-refractivity contribution >= 4 is 23.5 Å². The van der Waals surface area contributed by atoms with Gasteiger partial charge in [-0.15, -0.1) is 0 Å². The first-order valence-corrected chi connectivity index (χ1v) is 8.69. The Bertz CT molecular complexity index is 709. The first-order valence-electron chi connectivity index (χ1n) is 8.69. The Hall–Kier alpha value is -2.81. The Labute approximate surface area is 157 Å². The molecule has 0 bridgehead atoms. The predicted octanol–water partition coefficient (Wildman–Crippen LogP) is -0.456. The van der Waals surface area contributed by atoms with E-state index < -0.39 is 23.8 Å². The van der Waals surface area contributed by atoms with E-state index in [1.54, 1.807) is 37.2 Å². The van der Waals surface area contributed by atoms with Gasteiger partial charge in [0.25, 0.3) is 5.91 Å². The van der Waals surface area contributed by atoms with Crippen LogP contribution in [0.2, 0.25) is 0 Å². The minimum absolute atomic E-state index is 0.158. The van der Waals surface area contributed by atoms with Gasteiger partial charge in [-0.25, -0.2) is 5.01 Å². The number of nitrogens with zero attached hydrogens (tertiary/aromatic N) is 3. The number of carbonyl (C=O) groups is 4. The van der Waals surface area contributed by atoms with Crippen LogP contribution in [0, 0.1) is 12.3 Å². The van der Waals surface area contributed by atoms with E-state index >= 15 is 0 Å². The van der Waals surface area contributed by atoms with Crippen molar-refractivity contribution in [2.45, 2.75) is 25.8 Å². The number of amides is 3. The first kappa shape index (κ1) is 20.5. The fourth-order valence-electron chi connectivity index (χ4n) is 2.61. The smallest absolute Gasteiger partial charge is 0.287 e. The van der Waals surface area contributed by atoms with Crippen LogP contribution in [0.4, 0.5) is 0 Å². The summed E-state index contributed by atoms with van der Waals surface area (Å²) in [6.07, 6.45) is 3.39. The second-order valence-corrected chi connectivity index (χ2v) is 6.52. The fraction of sp³-hybridized carbons (Fsp3) is 0.444. The largest absolute Gasteiger partial charge is 0.369 e. The van der Waals surface area contributed by atoms with Crippen LogP contribution in [0.25, 0.3) is 0 Å². The van der Waals surface area contributed by atoms with Crippen molar-refractivity contribution in [2.24, 2.45) is 11.7 Å². The molecule has 0 aliphatic carbocycles. The highest BCUT2D eigenvalue weighted by molar-refractivity contribution is 5.98. The van der Waals surface area contributed by atoms with Crippen LogP contribution in [0.3, 0.4) is 0 Å². The van der Waals surface area contributed by atoms with E-state index in [-0.39, 0.29) is 30.3 Å². The molecule has 2 atom stereocenters. The zero-order chi connectivity index (χ0) is 20.0. The Kier molecular flexibility index (Phi) is 7.00. The molecule has 1 aromatic rings. The van der Waals surface area contributed by atoms with Gasteiger partial charge in [-0.3, -0.25) is 29.2 Å². The molecule has 1 saturated heterocycles. The van der Waals surface area contributed by atoms with E-state index in [0.717, 1.165) is 0 Å². The van der Waals surface area contributed by atoms with Crippen molar-refractivity contribution in [2.75, 3.05) is 20.1 Å². The Morgan fingerprint density at radius 2 is 2.15 bits per heavy atom. The molecule has 1 aromatic heterocycles. The Morgan fingerprint density at radius 3 is 2.78 bits per heavy atom. The number of pyridine rings is 1. The molecule has 145 valence electrons. The quantitative estimate of drug-likeness (QED) is 0.694. The fourth-order valence-corrected chi connectivity index (χ4v) is 2.61. The zero-order valence-electron chi connectivity index (χ0n) is 15.4. The minimum atomic E-state index is -0.707. The van der Waals surface area contributed by atoms with E-state index in [0.29, 0.717) is 13.0 Å². The highest BCUT2D eigenvalue weighted by Crippen LogP contribution is 2.12. The monoisotopic (exact) mass is 374 g/mol. The number of hydrazine groups is 1. The SMILES string of the molecule is C[C@@H](C[CH]C(=O)N[C@H]1CCN(C)N(C(=O)c2ccccn2)CC1=O)C(N)=O. The van der Waals surface area contributed by atoms with Gasteiger partial charge < -0.3 is 11.1 Å². The maximum absolute atomic E-state index is 12.6. The van der Waals surface area contributed by atoms with E-state index in [4.69, 9.17) is 5.73 Å². The van der Waals surface area contributed by atoms with E-state index in [9.17, 15) is 19.2 Å². The predicted molar refractivity (Wildman–Crippen MR) is 96.7 cm³/mol. The normalized spacial score (nSPS) is 19.3. The van der Waals surface area contributed by atoms with Gasteiger partial charge in [0.15, 0.2) is 5.78 Å². The topological polar surface area (TPSA) is 126 Å². The van der Waals surface area contributed by atoms with E-state index in [1.807, 2.05) is 0 Å². The van der Waals surface area contributed by atoms with Crippen molar-refractivity contribution in [3.05, 3.63) is 36.5 Å². The number of nitrogens with one attached hydrogen (secondary N) is 1. The number of aromatic nitrogens is 1. The van der Waals surface area contributed by atoms with Gasteiger partial charge in [-0.05, 0) is 25.0 Å². The van der Waals surface area contributed by atoms with Gasteiger partial charge in [-0.2, -0.15) is 0 Å². The van der Waals surface area contributed by atoms with Crippen LogP contribution >= 0.6 is 0 Å². The number of primary amides is 1. The summed E-state index contributed by atoms with van der Waals surface area (Å²) in [7, 11) is 1.71. The maximum atomic E-state index is 12.6. The minimum Gasteiger partial charge on any atom is -0.369 e. The van der Waals surface area contributed by atoms with Gasteiger partial charge in [-0.1, -0.05) is 13.0 Å². The van der Waals surface area contributed by atoms with Crippen LogP contribution in [-0.2, 0) is 14.4 Å².